The second-order valence-electron chi connectivity index (χ2n) is 4.96. The summed E-state index contributed by atoms with van der Waals surface area (Å²) in [7, 11) is 1.18. The molecule has 2 N–H and O–H groups in total. The molecule has 7 heteroatoms. The van der Waals surface area contributed by atoms with Crippen molar-refractivity contribution in [2.75, 3.05) is 20.2 Å². The van der Waals surface area contributed by atoms with E-state index in [4.69, 9.17) is 5.11 Å². The van der Waals surface area contributed by atoms with Gasteiger partial charge < -0.3 is 20.1 Å². The number of ether oxygens (including phenoxy) is 1. The van der Waals surface area contributed by atoms with Crippen LogP contribution in [0.3, 0.4) is 0 Å². The molecule has 0 aromatic heterocycles. The predicted molar refractivity (Wildman–Crippen MR) is 71.2 cm³/mol. The maximum atomic E-state index is 12.0. The Balaban J connectivity index is 2.53. The molecule has 1 rings (SSSR count). The molecular formula is C13H22N2O5. The third-order valence-electron chi connectivity index (χ3n) is 3.57. The molecule has 0 radical (unpaired) electrons. The van der Waals surface area contributed by atoms with Gasteiger partial charge in [-0.2, -0.15) is 0 Å². The Morgan fingerprint density at radius 1 is 1.40 bits per heavy atom. The van der Waals surface area contributed by atoms with Gasteiger partial charge in [-0.05, 0) is 25.7 Å². The Labute approximate surface area is 118 Å². The van der Waals surface area contributed by atoms with Crippen LogP contribution >= 0.6 is 0 Å². The molecular weight excluding hydrogens is 264 g/mol. The molecule has 1 atom stereocenters. The summed E-state index contributed by atoms with van der Waals surface area (Å²) in [6.07, 6.45) is 3.02. The third-order valence-corrected chi connectivity index (χ3v) is 3.57. The first-order valence-corrected chi connectivity index (χ1v) is 6.83. The molecule has 0 spiro atoms. The normalized spacial score (nSPS) is 15.9. The van der Waals surface area contributed by atoms with E-state index in [9.17, 15) is 14.4 Å². The van der Waals surface area contributed by atoms with Crippen LogP contribution in [0, 0.1) is 5.92 Å². The highest BCUT2D eigenvalue weighted by Gasteiger charge is 2.27. The van der Waals surface area contributed by atoms with Crippen LogP contribution in [0.2, 0.25) is 0 Å². The van der Waals surface area contributed by atoms with Crippen LogP contribution in [0.15, 0.2) is 0 Å². The number of carbonyl (C=O) groups excluding carboxylic acids is 2. The fourth-order valence-corrected chi connectivity index (χ4v) is 2.03. The standard InChI is InChI=1S/C13H22N2O5/c1-3-15(8-9-5-4-6-9)13(19)14-10(12(17)18)7-11(16)20-2/h9-10H,3-8H2,1-2H3,(H,14,19)(H,17,18)/t10-/m0/s1. The topological polar surface area (TPSA) is 95.9 Å². The van der Waals surface area contributed by atoms with Crippen molar-refractivity contribution >= 4 is 18.0 Å². The fourth-order valence-electron chi connectivity index (χ4n) is 2.03. The molecule has 0 saturated heterocycles. The average molecular weight is 286 g/mol. The zero-order valence-corrected chi connectivity index (χ0v) is 11.9. The summed E-state index contributed by atoms with van der Waals surface area (Å²) in [5.74, 6) is -1.41. The van der Waals surface area contributed by atoms with Gasteiger partial charge in [-0.3, -0.25) is 4.79 Å². The highest BCUT2D eigenvalue weighted by atomic mass is 16.5. The number of rotatable bonds is 7. The van der Waals surface area contributed by atoms with Crippen molar-refractivity contribution in [3.63, 3.8) is 0 Å². The monoisotopic (exact) mass is 286 g/mol. The predicted octanol–water partition coefficient (Wildman–Crippen LogP) is 0.834. The van der Waals surface area contributed by atoms with E-state index >= 15 is 0 Å². The molecule has 0 aromatic carbocycles. The Morgan fingerprint density at radius 3 is 2.45 bits per heavy atom. The summed E-state index contributed by atoms with van der Waals surface area (Å²) in [6, 6.07) is -1.71. The molecule has 1 aliphatic rings. The first kappa shape index (κ1) is 16.3. The summed E-state index contributed by atoms with van der Waals surface area (Å²) in [5, 5.41) is 11.4. The summed E-state index contributed by atoms with van der Waals surface area (Å²) in [5.41, 5.74) is 0. The van der Waals surface area contributed by atoms with Gasteiger partial charge in [0, 0.05) is 13.1 Å². The number of nitrogens with zero attached hydrogens (tertiary/aromatic N) is 1. The molecule has 1 fully saturated rings. The Kier molecular flexibility index (Phi) is 6.27. The first-order valence-electron chi connectivity index (χ1n) is 6.83. The Morgan fingerprint density at radius 2 is 2.05 bits per heavy atom. The van der Waals surface area contributed by atoms with Crippen LogP contribution in [-0.2, 0) is 14.3 Å². The second kappa shape index (κ2) is 7.72. The molecule has 1 aliphatic carbocycles. The molecule has 0 aromatic rings. The summed E-state index contributed by atoms with van der Waals surface area (Å²) in [4.78, 5) is 35.8. The number of urea groups is 1. The molecule has 7 nitrogen and oxygen atoms in total. The number of carboxylic acid groups (broad SMARTS) is 1. The highest BCUT2D eigenvalue weighted by molar-refractivity contribution is 5.86. The summed E-state index contributed by atoms with van der Waals surface area (Å²) >= 11 is 0. The van der Waals surface area contributed by atoms with Crippen LogP contribution < -0.4 is 5.32 Å². The molecule has 20 heavy (non-hydrogen) atoms. The molecule has 0 heterocycles. The number of nitrogens with one attached hydrogen (secondary N) is 1. The molecule has 114 valence electrons. The van der Waals surface area contributed by atoms with Crippen LogP contribution in [0.25, 0.3) is 0 Å². The highest BCUT2D eigenvalue weighted by Crippen LogP contribution is 2.27. The van der Waals surface area contributed by atoms with Gasteiger partial charge in [0.1, 0.15) is 6.04 Å². The largest absolute Gasteiger partial charge is 0.480 e. The number of amides is 2. The van der Waals surface area contributed by atoms with Gasteiger partial charge >= 0.3 is 18.0 Å². The van der Waals surface area contributed by atoms with Gasteiger partial charge in [-0.15, -0.1) is 0 Å². The van der Waals surface area contributed by atoms with Crippen LogP contribution in [0.4, 0.5) is 4.79 Å². The number of aliphatic carboxylic acids is 1. The average Bonchev–Trinajstić information content (AvgIpc) is 2.36. The van der Waals surface area contributed by atoms with Gasteiger partial charge in [-0.1, -0.05) is 6.42 Å². The quantitative estimate of drug-likeness (QED) is 0.676. The maximum Gasteiger partial charge on any atom is 0.326 e. The van der Waals surface area contributed by atoms with Gasteiger partial charge in [-0.25, -0.2) is 9.59 Å². The lowest BCUT2D eigenvalue weighted by molar-refractivity contribution is -0.147. The maximum absolute atomic E-state index is 12.0. The van der Waals surface area contributed by atoms with E-state index in [1.807, 2.05) is 6.92 Å². The second-order valence-corrected chi connectivity index (χ2v) is 4.96. The van der Waals surface area contributed by atoms with E-state index < -0.39 is 24.0 Å². The third kappa shape index (κ3) is 4.71. The van der Waals surface area contributed by atoms with Gasteiger partial charge in [0.15, 0.2) is 0 Å². The number of esters is 1. The van der Waals surface area contributed by atoms with E-state index in [2.05, 4.69) is 10.1 Å². The van der Waals surface area contributed by atoms with Crippen molar-refractivity contribution in [1.82, 2.24) is 10.2 Å². The van der Waals surface area contributed by atoms with E-state index in [0.29, 0.717) is 19.0 Å². The van der Waals surface area contributed by atoms with Crippen molar-refractivity contribution in [3.8, 4) is 0 Å². The van der Waals surface area contributed by atoms with Gasteiger partial charge in [0.25, 0.3) is 0 Å². The number of methoxy groups -OCH3 is 1. The zero-order chi connectivity index (χ0) is 15.1. The minimum Gasteiger partial charge on any atom is -0.480 e. The van der Waals surface area contributed by atoms with Crippen LogP contribution in [-0.4, -0.2) is 54.2 Å². The van der Waals surface area contributed by atoms with Gasteiger partial charge in [0.05, 0.1) is 13.5 Å². The van der Waals surface area contributed by atoms with E-state index in [0.717, 1.165) is 12.8 Å². The lowest BCUT2D eigenvalue weighted by atomic mass is 9.85. The first-order chi connectivity index (χ1) is 9.47. The smallest absolute Gasteiger partial charge is 0.326 e. The van der Waals surface area contributed by atoms with Crippen LogP contribution in [0.5, 0.6) is 0 Å². The van der Waals surface area contributed by atoms with Crippen molar-refractivity contribution in [1.29, 1.82) is 0 Å². The molecule has 0 unspecified atom stereocenters. The molecule has 0 bridgehead atoms. The molecule has 1 saturated carbocycles. The minimum atomic E-state index is -1.26. The molecule has 0 aliphatic heterocycles. The number of hydrogen-bond acceptors (Lipinski definition) is 4. The number of hydrogen-bond donors (Lipinski definition) is 2. The molecule has 2 amide bonds. The van der Waals surface area contributed by atoms with E-state index in [1.54, 1.807) is 4.90 Å². The van der Waals surface area contributed by atoms with E-state index in [1.165, 1.54) is 13.5 Å². The fraction of sp³-hybridized carbons (Fsp3) is 0.769. The van der Waals surface area contributed by atoms with Gasteiger partial charge in [0.2, 0.25) is 0 Å². The van der Waals surface area contributed by atoms with Crippen molar-refractivity contribution in [2.45, 2.75) is 38.6 Å². The lowest BCUT2D eigenvalue weighted by Gasteiger charge is -2.32. The number of carbonyl (C=O) groups is 3. The summed E-state index contributed by atoms with van der Waals surface area (Å²) < 4.78 is 4.42. The van der Waals surface area contributed by atoms with Crippen molar-refractivity contribution in [3.05, 3.63) is 0 Å². The lowest BCUT2D eigenvalue weighted by Crippen LogP contribution is -2.50. The zero-order valence-electron chi connectivity index (χ0n) is 11.9. The Bertz CT molecular complexity index is 368. The Hall–Kier alpha value is -1.79. The van der Waals surface area contributed by atoms with E-state index in [-0.39, 0.29) is 6.42 Å². The summed E-state index contributed by atoms with van der Waals surface area (Å²) in [6.45, 7) is 2.98. The SMILES string of the molecule is CCN(CC1CCC1)C(=O)N[C@@H](CC(=O)OC)C(=O)O. The van der Waals surface area contributed by atoms with Crippen LogP contribution in [0.1, 0.15) is 32.6 Å². The minimum absolute atomic E-state index is 0.376. The van der Waals surface area contributed by atoms with Crippen molar-refractivity contribution < 1.29 is 24.2 Å². The van der Waals surface area contributed by atoms with Crippen molar-refractivity contribution in [2.24, 2.45) is 5.92 Å². The number of carboxylic acids is 1.